The van der Waals surface area contributed by atoms with Crippen LogP contribution in [0.25, 0.3) is 0 Å². The molecule has 1 aliphatic carbocycles. The second kappa shape index (κ2) is 7.81. The highest BCUT2D eigenvalue weighted by atomic mass is 79.9. The zero-order valence-electron chi connectivity index (χ0n) is 11.2. The lowest BCUT2D eigenvalue weighted by Crippen LogP contribution is -2.42. The lowest BCUT2D eigenvalue weighted by atomic mass is 9.93. The summed E-state index contributed by atoms with van der Waals surface area (Å²) < 4.78 is 0.843. The molecular formula is C15H18Br2ClNO. The molecule has 0 radical (unpaired) electrons. The highest BCUT2D eigenvalue weighted by molar-refractivity contribution is 9.10. The molecule has 1 amide bonds. The van der Waals surface area contributed by atoms with Gasteiger partial charge < -0.3 is 4.90 Å². The highest BCUT2D eigenvalue weighted by Crippen LogP contribution is 2.26. The molecule has 0 unspecified atom stereocenters. The van der Waals surface area contributed by atoms with Gasteiger partial charge in [-0.1, -0.05) is 62.7 Å². The predicted molar refractivity (Wildman–Crippen MR) is 90.9 cm³/mol. The molecule has 1 aromatic carbocycles. The first kappa shape index (κ1) is 16.3. The number of hydrogen-bond donors (Lipinski definition) is 0. The standard InChI is InChI=1S/C15H18Br2ClNO/c16-6-7-19(14-4-2-1-3-5-14)15(20)11-8-12(17)10-13(18)9-11/h8-10,14H,1-7H2. The first-order chi connectivity index (χ1) is 9.61. The quantitative estimate of drug-likeness (QED) is 0.604. The molecule has 0 heterocycles. The zero-order chi connectivity index (χ0) is 14.5. The van der Waals surface area contributed by atoms with Gasteiger partial charge in [0.25, 0.3) is 5.91 Å². The Morgan fingerprint density at radius 1 is 1.25 bits per heavy atom. The summed E-state index contributed by atoms with van der Waals surface area (Å²) in [6.07, 6.45) is 5.95. The molecule has 0 spiro atoms. The van der Waals surface area contributed by atoms with Gasteiger partial charge in [-0.15, -0.1) is 0 Å². The van der Waals surface area contributed by atoms with E-state index in [2.05, 4.69) is 31.9 Å². The third-order valence-corrected chi connectivity index (χ3v) is 4.74. The van der Waals surface area contributed by atoms with Crippen molar-refractivity contribution in [2.75, 3.05) is 11.9 Å². The van der Waals surface area contributed by atoms with Gasteiger partial charge in [-0.25, -0.2) is 0 Å². The van der Waals surface area contributed by atoms with Crippen LogP contribution in [0.4, 0.5) is 0 Å². The number of hydrogen-bond acceptors (Lipinski definition) is 1. The average Bonchev–Trinajstić information content (AvgIpc) is 2.44. The van der Waals surface area contributed by atoms with Crippen molar-refractivity contribution in [3.63, 3.8) is 0 Å². The number of carbonyl (C=O) groups excluding carboxylic acids is 1. The summed E-state index contributed by atoms with van der Waals surface area (Å²) in [7, 11) is 0. The number of nitrogens with zero attached hydrogens (tertiary/aromatic N) is 1. The molecule has 2 nitrogen and oxygen atoms in total. The second-order valence-electron chi connectivity index (χ2n) is 5.14. The van der Waals surface area contributed by atoms with E-state index in [1.165, 1.54) is 19.3 Å². The van der Waals surface area contributed by atoms with E-state index in [9.17, 15) is 4.79 Å². The summed E-state index contributed by atoms with van der Waals surface area (Å²) in [5.41, 5.74) is 0.663. The fourth-order valence-electron chi connectivity index (χ4n) is 2.78. The molecule has 5 heteroatoms. The largest absolute Gasteiger partial charge is 0.335 e. The molecule has 1 aliphatic rings. The van der Waals surface area contributed by atoms with Gasteiger partial charge in [-0.3, -0.25) is 4.79 Å². The summed E-state index contributed by atoms with van der Waals surface area (Å²) in [4.78, 5) is 14.8. The molecule has 1 fully saturated rings. The van der Waals surface area contributed by atoms with Crippen LogP contribution >= 0.6 is 43.5 Å². The maximum Gasteiger partial charge on any atom is 0.254 e. The number of carbonyl (C=O) groups is 1. The summed E-state index contributed by atoms with van der Waals surface area (Å²) >= 11 is 12.9. The number of rotatable bonds is 4. The number of halogens is 3. The molecule has 0 aromatic heterocycles. The van der Waals surface area contributed by atoms with Gasteiger partial charge in [0.05, 0.1) is 0 Å². The predicted octanol–water partition coefficient (Wildman–Crippen LogP) is 5.27. The van der Waals surface area contributed by atoms with Gasteiger partial charge >= 0.3 is 0 Å². The summed E-state index contributed by atoms with van der Waals surface area (Å²) in [6.45, 7) is 0.744. The van der Waals surface area contributed by atoms with Crippen LogP contribution in [0.3, 0.4) is 0 Å². The molecule has 0 aliphatic heterocycles. The van der Waals surface area contributed by atoms with E-state index in [1.54, 1.807) is 12.1 Å². The van der Waals surface area contributed by atoms with Crippen LogP contribution in [0.2, 0.25) is 5.02 Å². The van der Waals surface area contributed by atoms with E-state index in [0.717, 1.165) is 29.2 Å². The first-order valence-corrected chi connectivity index (χ1v) is 9.24. The monoisotopic (exact) mass is 421 g/mol. The van der Waals surface area contributed by atoms with Gasteiger partial charge in [0.15, 0.2) is 0 Å². The van der Waals surface area contributed by atoms with Crippen LogP contribution < -0.4 is 0 Å². The minimum atomic E-state index is 0.0829. The summed E-state index contributed by atoms with van der Waals surface area (Å²) in [5.74, 6) is 0.0829. The minimum Gasteiger partial charge on any atom is -0.335 e. The van der Waals surface area contributed by atoms with Gasteiger partial charge in [-0.2, -0.15) is 0 Å². The SMILES string of the molecule is O=C(c1cc(Cl)cc(Br)c1)N(CCBr)C1CCCCC1. The van der Waals surface area contributed by atoms with Crippen molar-refractivity contribution in [1.82, 2.24) is 4.90 Å². The van der Waals surface area contributed by atoms with Crippen molar-refractivity contribution in [1.29, 1.82) is 0 Å². The smallest absolute Gasteiger partial charge is 0.254 e. The maximum absolute atomic E-state index is 12.8. The highest BCUT2D eigenvalue weighted by Gasteiger charge is 2.26. The Labute approximate surface area is 142 Å². The van der Waals surface area contributed by atoms with E-state index >= 15 is 0 Å². The van der Waals surface area contributed by atoms with E-state index in [0.29, 0.717) is 16.6 Å². The van der Waals surface area contributed by atoms with Gasteiger partial charge in [0, 0.05) is 33.0 Å². The van der Waals surface area contributed by atoms with E-state index < -0.39 is 0 Å². The van der Waals surface area contributed by atoms with Crippen molar-refractivity contribution in [3.8, 4) is 0 Å². The molecule has 0 bridgehead atoms. The Hall–Kier alpha value is -0.0600. The molecule has 0 N–H and O–H groups in total. The molecule has 110 valence electrons. The summed E-state index contributed by atoms with van der Waals surface area (Å²) in [5, 5.41) is 1.39. The first-order valence-electron chi connectivity index (χ1n) is 6.95. The van der Waals surface area contributed by atoms with Crippen LogP contribution in [-0.2, 0) is 0 Å². The van der Waals surface area contributed by atoms with Crippen molar-refractivity contribution in [3.05, 3.63) is 33.3 Å². The maximum atomic E-state index is 12.8. The lowest BCUT2D eigenvalue weighted by molar-refractivity contribution is 0.0651. The molecule has 2 rings (SSSR count). The van der Waals surface area contributed by atoms with Crippen molar-refractivity contribution < 1.29 is 4.79 Å². The molecular weight excluding hydrogens is 405 g/mol. The normalized spacial score (nSPS) is 16.1. The fraction of sp³-hybridized carbons (Fsp3) is 0.533. The Morgan fingerprint density at radius 2 is 1.95 bits per heavy atom. The minimum absolute atomic E-state index is 0.0829. The lowest BCUT2D eigenvalue weighted by Gasteiger charge is -2.34. The third-order valence-electron chi connectivity index (χ3n) is 3.71. The van der Waals surface area contributed by atoms with Crippen LogP contribution in [0, 0.1) is 0 Å². The number of alkyl halides is 1. The zero-order valence-corrected chi connectivity index (χ0v) is 15.2. The van der Waals surface area contributed by atoms with E-state index in [1.807, 2.05) is 11.0 Å². The Bertz CT molecular complexity index is 455. The van der Waals surface area contributed by atoms with Gasteiger partial charge in [0.2, 0.25) is 0 Å². The average molecular weight is 424 g/mol. The fourth-order valence-corrected chi connectivity index (χ4v) is 4.02. The van der Waals surface area contributed by atoms with Crippen LogP contribution in [-0.4, -0.2) is 28.7 Å². The Morgan fingerprint density at radius 3 is 2.55 bits per heavy atom. The number of benzene rings is 1. The van der Waals surface area contributed by atoms with Crippen LogP contribution in [0.15, 0.2) is 22.7 Å². The molecule has 20 heavy (non-hydrogen) atoms. The Balaban J connectivity index is 2.20. The molecule has 0 saturated heterocycles. The van der Waals surface area contributed by atoms with Crippen LogP contribution in [0.5, 0.6) is 0 Å². The molecule has 1 saturated carbocycles. The third kappa shape index (κ3) is 4.22. The van der Waals surface area contributed by atoms with Crippen molar-refractivity contribution in [2.24, 2.45) is 0 Å². The Kier molecular flexibility index (Phi) is 6.37. The van der Waals surface area contributed by atoms with Gasteiger partial charge in [-0.05, 0) is 31.0 Å². The van der Waals surface area contributed by atoms with Crippen molar-refractivity contribution in [2.45, 2.75) is 38.1 Å². The molecule has 0 atom stereocenters. The topological polar surface area (TPSA) is 20.3 Å². The van der Waals surface area contributed by atoms with Crippen LogP contribution in [0.1, 0.15) is 42.5 Å². The van der Waals surface area contributed by atoms with Crippen molar-refractivity contribution >= 4 is 49.4 Å². The van der Waals surface area contributed by atoms with E-state index in [-0.39, 0.29) is 5.91 Å². The molecule has 1 aromatic rings. The summed E-state index contributed by atoms with van der Waals surface area (Å²) in [6, 6.07) is 5.76. The van der Waals surface area contributed by atoms with E-state index in [4.69, 9.17) is 11.6 Å². The van der Waals surface area contributed by atoms with Gasteiger partial charge in [0.1, 0.15) is 0 Å². The second-order valence-corrected chi connectivity index (χ2v) is 7.28. The number of amides is 1.